The van der Waals surface area contributed by atoms with Crippen LogP contribution in [0.5, 0.6) is 0 Å². The molecule has 0 aliphatic heterocycles. The van der Waals surface area contributed by atoms with Crippen LogP contribution >= 0.6 is 11.6 Å². The highest BCUT2D eigenvalue weighted by Crippen LogP contribution is 2.30. The van der Waals surface area contributed by atoms with Crippen LogP contribution in [-0.2, 0) is 0 Å². The summed E-state index contributed by atoms with van der Waals surface area (Å²) in [7, 11) is 0. The molecule has 0 amide bonds. The number of carbonyl (C=O) groups is 1. The molecule has 0 radical (unpaired) electrons. The van der Waals surface area contributed by atoms with Crippen molar-refractivity contribution in [3.63, 3.8) is 0 Å². The van der Waals surface area contributed by atoms with Gasteiger partial charge in [0.15, 0.2) is 5.78 Å². The van der Waals surface area contributed by atoms with Crippen molar-refractivity contribution in [1.29, 1.82) is 0 Å². The predicted molar refractivity (Wildman–Crippen MR) is 89.4 cm³/mol. The van der Waals surface area contributed by atoms with Crippen molar-refractivity contribution >= 4 is 23.1 Å². The maximum atomic E-state index is 12.9. The number of hydrogen-bond acceptors (Lipinski definition) is 2. The molecule has 3 heteroatoms. The average molecular weight is 302 g/mol. The van der Waals surface area contributed by atoms with Gasteiger partial charge in [0.05, 0.1) is 5.02 Å². The van der Waals surface area contributed by atoms with Crippen LogP contribution in [0, 0.1) is 34.6 Å². The normalized spacial score (nSPS) is 10.8. The van der Waals surface area contributed by atoms with Gasteiger partial charge in [-0.3, -0.25) is 4.79 Å². The van der Waals surface area contributed by atoms with Crippen molar-refractivity contribution in [3.05, 3.63) is 62.2 Å². The molecule has 0 spiro atoms. The van der Waals surface area contributed by atoms with Crippen molar-refractivity contribution in [3.8, 4) is 0 Å². The van der Waals surface area contributed by atoms with E-state index in [1.54, 1.807) is 18.2 Å². The van der Waals surface area contributed by atoms with E-state index in [4.69, 9.17) is 17.3 Å². The highest BCUT2D eigenvalue weighted by Gasteiger charge is 2.21. The molecule has 0 fully saturated rings. The van der Waals surface area contributed by atoms with Crippen molar-refractivity contribution in [2.24, 2.45) is 0 Å². The zero-order chi connectivity index (χ0) is 15.9. The Bertz CT molecular complexity index is 718. The topological polar surface area (TPSA) is 43.1 Å². The number of hydrogen-bond donors (Lipinski definition) is 1. The number of anilines is 1. The number of carbonyl (C=O) groups excluding carboxylic acids is 1. The Morgan fingerprint density at radius 1 is 0.905 bits per heavy atom. The number of rotatable bonds is 2. The first-order chi connectivity index (χ1) is 9.75. The average Bonchev–Trinajstić information content (AvgIpc) is 2.43. The van der Waals surface area contributed by atoms with E-state index in [9.17, 15) is 4.79 Å². The Labute approximate surface area is 130 Å². The monoisotopic (exact) mass is 301 g/mol. The van der Waals surface area contributed by atoms with Crippen LogP contribution in [0.3, 0.4) is 0 Å². The van der Waals surface area contributed by atoms with Gasteiger partial charge in [-0.25, -0.2) is 0 Å². The fraction of sp³-hybridized carbons (Fsp3) is 0.278. The van der Waals surface area contributed by atoms with Crippen molar-refractivity contribution < 1.29 is 4.79 Å². The molecule has 2 rings (SSSR count). The third kappa shape index (κ3) is 2.56. The van der Waals surface area contributed by atoms with E-state index in [1.165, 1.54) is 5.56 Å². The number of halogens is 1. The summed E-state index contributed by atoms with van der Waals surface area (Å²) in [6.45, 7) is 10.2. The summed E-state index contributed by atoms with van der Waals surface area (Å²) in [6, 6.07) is 5.02. The quantitative estimate of drug-likeness (QED) is 0.645. The van der Waals surface area contributed by atoms with Crippen LogP contribution < -0.4 is 5.73 Å². The van der Waals surface area contributed by atoms with Gasteiger partial charge in [-0.2, -0.15) is 0 Å². The predicted octanol–water partition coefficient (Wildman–Crippen LogP) is 4.70. The van der Waals surface area contributed by atoms with Crippen LogP contribution in [0.4, 0.5) is 5.69 Å². The lowest BCUT2D eigenvalue weighted by Gasteiger charge is -2.18. The molecule has 110 valence electrons. The molecule has 0 atom stereocenters. The smallest absolute Gasteiger partial charge is 0.195 e. The van der Waals surface area contributed by atoms with Crippen LogP contribution in [0.15, 0.2) is 18.2 Å². The van der Waals surface area contributed by atoms with E-state index in [-0.39, 0.29) is 5.78 Å². The van der Waals surface area contributed by atoms with Gasteiger partial charge in [-0.05, 0) is 80.6 Å². The Balaban J connectivity index is 2.70. The first kappa shape index (κ1) is 15.6. The third-order valence-electron chi connectivity index (χ3n) is 4.46. The SMILES string of the molecule is Cc1c(C)c(C)c(C(=O)c2ccc(N)cc2Cl)c(C)c1C. The molecule has 0 aliphatic carbocycles. The van der Waals surface area contributed by atoms with Crippen molar-refractivity contribution in [1.82, 2.24) is 0 Å². The fourth-order valence-corrected chi connectivity index (χ4v) is 2.97. The molecule has 2 nitrogen and oxygen atoms in total. The van der Waals surface area contributed by atoms with E-state index in [0.29, 0.717) is 16.3 Å². The van der Waals surface area contributed by atoms with Gasteiger partial charge in [0.1, 0.15) is 0 Å². The molecule has 0 aromatic heterocycles. The molecule has 0 bridgehead atoms. The van der Waals surface area contributed by atoms with Gasteiger partial charge in [-0.15, -0.1) is 0 Å². The van der Waals surface area contributed by atoms with Gasteiger partial charge in [0.25, 0.3) is 0 Å². The standard InChI is InChI=1S/C18H20ClNO/c1-9-10(2)12(4)17(13(5)11(9)3)18(21)15-7-6-14(20)8-16(15)19/h6-8H,20H2,1-5H3. The van der Waals surface area contributed by atoms with Gasteiger partial charge in [-0.1, -0.05) is 11.6 Å². The maximum absolute atomic E-state index is 12.9. The number of ketones is 1. The summed E-state index contributed by atoms with van der Waals surface area (Å²) in [4.78, 5) is 12.9. The molecule has 2 aromatic rings. The number of nitrogens with two attached hydrogens (primary N) is 1. The molecular formula is C18H20ClNO. The second-order valence-corrected chi connectivity index (χ2v) is 5.98. The Morgan fingerprint density at radius 2 is 1.38 bits per heavy atom. The van der Waals surface area contributed by atoms with Gasteiger partial charge in [0, 0.05) is 16.8 Å². The lowest BCUT2D eigenvalue weighted by atomic mass is 9.86. The Kier molecular flexibility index (Phi) is 4.11. The second kappa shape index (κ2) is 5.53. The molecule has 2 aromatic carbocycles. The van der Waals surface area contributed by atoms with Crippen LogP contribution in [-0.4, -0.2) is 5.78 Å². The largest absolute Gasteiger partial charge is 0.399 e. The zero-order valence-electron chi connectivity index (χ0n) is 13.1. The zero-order valence-corrected chi connectivity index (χ0v) is 13.9. The molecule has 0 saturated heterocycles. The van der Waals surface area contributed by atoms with Crippen LogP contribution in [0.1, 0.15) is 43.7 Å². The summed E-state index contributed by atoms with van der Waals surface area (Å²) < 4.78 is 0. The minimum absolute atomic E-state index is 0.0406. The summed E-state index contributed by atoms with van der Waals surface area (Å²) >= 11 is 6.19. The summed E-state index contributed by atoms with van der Waals surface area (Å²) in [6.07, 6.45) is 0. The molecule has 21 heavy (non-hydrogen) atoms. The Morgan fingerprint density at radius 3 is 1.86 bits per heavy atom. The van der Waals surface area contributed by atoms with Crippen LogP contribution in [0.2, 0.25) is 5.02 Å². The molecule has 0 heterocycles. The minimum Gasteiger partial charge on any atom is -0.399 e. The second-order valence-electron chi connectivity index (χ2n) is 5.57. The molecule has 2 N–H and O–H groups in total. The van der Waals surface area contributed by atoms with E-state index in [2.05, 4.69) is 20.8 Å². The first-order valence-corrected chi connectivity index (χ1v) is 7.30. The highest BCUT2D eigenvalue weighted by molar-refractivity contribution is 6.35. The molecular weight excluding hydrogens is 282 g/mol. The van der Waals surface area contributed by atoms with Crippen molar-refractivity contribution in [2.45, 2.75) is 34.6 Å². The molecule has 0 unspecified atom stereocenters. The summed E-state index contributed by atoms with van der Waals surface area (Å²) in [5, 5.41) is 0.398. The Hall–Kier alpha value is -1.80. The van der Waals surface area contributed by atoms with Crippen LogP contribution in [0.25, 0.3) is 0 Å². The lowest BCUT2D eigenvalue weighted by Crippen LogP contribution is -2.11. The molecule has 0 saturated carbocycles. The van der Waals surface area contributed by atoms with E-state index >= 15 is 0 Å². The number of benzene rings is 2. The maximum Gasteiger partial charge on any atom is 0.195 e. The lowest BCUT2D eigenvalue weighted by molar-refractivity contribution is 0.103. The highest BCUT2D eigenvalue weighted by atomic mass is 35.5. The van der Waals surface area contributed by atoms with E-state index < -0.39 is 0 Å². The number of nitrogen functional groups attached to an aromatic ring is 1. The van der Waals surface area contributed by atoms with Gasteiger partial charge < -0.3 is 5.73 Å². The fourth-order valence-electron chi connectivity index (χ4n) is 2.69. The van der Waals surface area contributed by atoms with Gasteiger partial charge in [0.2, 0.25) is 0 Å². The summed E-state index contributed by atoms with van der Waals surface area (Å²) in [5.74, 6) is -0.0406. The minimum atomic E-state index is -0.0406. The van der Waals surface area contributed by atoms with E-state index in [1.807, 2.05) is 13.8 Å². The van der Waals surface area contributed by atoms with Gasteiger partial charge >= 0.3 is 0 Å². The van der Waals surface area contributed by atoms with E-state index in [0.717, 1.165) is 27.8 Å². The first-order valence-electron chi connectivity index (χ1n) is 6.92. The summed E-state index contributed by atoms with van der Waals surface area (Å²) in [5.41, 5.74) is 13.1. The third-order valence-corrected chi connectivity index (χ3v) is 4.78. The van der Waals surface area contributed by atoms with Crippen molar-refractivity contribution in [2.75, 3.05) is 5.73 Å². The molecule has 0 aliphatic rings.